The third-order valence-corrected chi connectivity index (χ3v) is 6.35. The van der Waals surface area contributed by atoms with Crippen LogP contribution in [0, 0.1) is 6.92 Å². The quantitative estimate of drug-likeness (QED) is 0.405. The third kappa shape index (κ3) is 5.14. The first kappa shape index (κ1) is 22.0. The average molecular weight is 458 g/mol. The van der Waals surface area contributed by atoms with Crippen molar-refractivity contribution in [3.63, 3.8) is 0 Å². The maximum Gasteiger partial charge on any atom is 0.306 e. The van der Waals surface area contributed by atoms with Crippen LogP contribution in [0.5, 0.6) is 11.5 Å². The van der Waals surface area contributed by atoms with E-state index >= 15 is 0 Å². The summed E-state index contributed by atoms with van der Waals surface area (Å²) in [7, 11) is -3.73. The topological polar surface area (TPSA) is 117 Å². The zero-order valence-corrected chi connectivity index (χ0v) is 18.4. The Morgan fingerprint density at radius 1 is 1.06 bits per heavy atom. The molecule has 10 heteroatoms. The van der Waals surface area contributed by atoms with E-state index in [2.05, 4.69) is 14.7 Å². The summed E-state index contributed by atoms with van der Waals surface area (Å²) in [4.78, 5) is 21.1. The predicted octanol–water partition coefficient (Wildman–Crippen LogP) is 2.51. The van der Waals surface area contributed by atoms with E-state index in [1.165, 1.54) is 12.1 Å². The van der Waals surface area contributed by atoms with E-state index in [1.807, 2.05) is 31.2 Å². The van der Waals surface area contributed by atoms with E-state index in [0.29, 0.717) is 42.5 Å². The molecule has 9 nitrogen and oxygen atoms in total. The van der Waals surface area contributed by atoms with E-state index in [0.717, 1.165) is 11.0 Å². The Balaban J connectivity index is 1.25. The second-order valence-electron chi connectivity index (χ2n) is 7.21. The first-order valence-corrected chi connectivity index (χ1v) is 11.7. The number of carbonyl (C=O) groups is 1. The Morgan fingerprint density at radius 3 is 2.56 bits per heavy atom. The van der Waals surface area contributed by atoms with Gasteiger partial charge in [0.15, 0.2) is 11.5 Å². The van der Waals surface area contributed by atoms with Gasteiger partial charge in [0.05, 0.1) is 27.3 Å². The van der Waals surface area contributed by atoms with Gasteiger partial charge in [-0.3, -0.25) is 4.79 Å². The van der Waals surface area contributed by atoms with Gasteiger partial charge < -0.3 is 14.2 Å². The number of sulfonamides is 1. The molecule has 2 heterocycles. The van der Waals surface area contributed by atoms with Gasteiger partial charge in [-0.25, -0.2) is 23.1 Å². The Hall–Kier alpha value is -3.24. The van der Waals surface area contributed by atoms with Crippen molar-refractivity contribution in [3.05, 3.63) is 53.9 Å². The van der Waals surface area contributed by atoms with Gasteiger partial charge in [-0.1, -0.05) is 12.1 Å². The summed E-state index contributed by atoms with van der Waals surface area (Å²) in [5.41, 5.74) is 2.81. The molecule has 4 rings (SSSR count). The highest BCUT2D eigenvalue weighted by Gasteiger charge is 2.19. The lowest BCUT2D eigenvalue weighted by molar-refractivity contribution is -0.145. The molecule has 0 saturated heterocycles. The molecule has 2 aromatic carbocycles. The molecule has 1 N–H and O–H groups in total. The van der Waals surface area contributed by atoms with Crippen molar-refractivity contribution in [2.75, 3.05) is 19.8 Å². The van der Waals surface area contributed by atoms with Gasteiger partial charge in [0.25, 0.3) is 0 Å². The minimum atomic E-state index is -3.73. The molecular formula is C22H23N3O6S. The van der Waals surface area contributed by atoms with Crippen molar-refractivity contribution in [2.24, 2.45) is 0 Å². The van der Waals surface area contributed by atoms with Crippen molar-refractivity contribution >= 4 is 27.0 Å². The molecular weight excluding hydrogens is 434 g/mol. The Morgan fingerprint density at radius 2 is 1.78 bits per heavy atom. The normalized spacial score (nSPS) is 13.2. The zero-order chi connectivity index (χ0) is 22.6. The van der Waals surface area contributed by atoms with Crippen molar-refractivity contribution in [3.8, 4) is 11.5 Å². The van der Waals surface area contributed by atoms with E-state index in [4.69, 9.17) is 14.2 Å². The number of aromatic nitrogens is 2. The summed E-state index contributed by atoms with van der Waals surface area (Å²) in [5.74, 6) is 0.483. The number of aryl methyl sites for hydroxylation is 1. The maximum atomic E-state index is 12.5. The highest BCUT2D eigenvalue weighted by Crippen LogP contribution is 2.32. The van der Waals surface area contributed by atoms with E-state index in [-0.39, 0.29) is 24.5 Å². The second kappa shape index (κ2) is 9.49. The number of benzene rings is 2. The molecule has 1 aromatic heterocycles. The second-order valence-corrected chi connectivity index (χ2v) is 8.98. The Labute approximate surface area is 185 Å². The maximum absolute atomic E-state index is 12.5. The number of ether oxygens (including phenoxy) is 3. The van der Waals surface area contributed by atoms with Crippen LogP contribution >= 0.6 is 0 Å². The summed E-state index contributed by atoms with van der Waals surface area (Å²) in [6, 6.07) is 11.9. The molecule has 3 aromatic rings. The van der Waals surface area contributed by atoms with E-state index in [1.54, 1.807) is 6.07 Å². The number of nitrogens with one attached hydrogen (secondary N) is 1. The highest BCUT2D eigenvalue weighted by atomic mass is 32.2. The van der Waals surface area contributed by atoms with Crippen LogP contribution in [0.1, 0.15) is 24.2 Å². The molecule has 0 atom stereocenters. The SMILES string of the molecule is Cc1nc2ccccc2nc1COC(=O)CCCNS(=O)(=O)c1ccc2c(c1)OCCO2. The lowest BCUT2D eigenvalue weighted by atomic mass is 10.2. The largest absolute Gasteiger partial charge is 0.486 e. The minimum absolute atomic E-state index is 0.0193. The molecule has 0 aliphatic carbocycles. The molecule has 0 bridgehead atoms. The lowest BCUT2D eigenvalue weighted by Gasteiger charge is -2.18. The molecule has 1 aliphatic heterocycles. The van der Waals surface area contributed by atoms with Gasteiger partial charge in [-0.2, -0.15) is 0 Å². The molecule has 0 unspecified atom stereocenters. The number of nitrogens with zero attached hydrogens (tertiary/aromatic N) is 2. The van der Waals surface area contributed by atoms with Crippen molar-refractivity contribution in [2.45, 2.75) is 31.3 Å². The van der Waals surface area contributed by atoms with Gasteiger partial charge in [-0.05, 0) is 37.6 Å². The summed E-state index contributed by atoms with van der Waals surface area (Å²) in [6.45, 7) is 2.73. The zero-order valence-electron chi connectivity index (χ0n) is 17.5. The van der Waals surface area contributed by atoms with Crippen LogP contribution in [0.25, 0.3) is 11.0 Å². The molecule has 0 fully saturated rings. The fourth-order valence-corrected chi connectivity index (χ4v) is 4.29. The number of esters is 1. The number of rotatable bonds is 8. The van der Waals surface area contributed by atoms with Crippen LogP contribution in [0.15, 0.2) is 47.4 Å². The smallest absolute Gasteiger partial charge is 0.306 e. The first-order chi connectivity index (χ1) is 15.4. The number of hydrogen-bond donors (Lipinski definition) is 1. The number of para-hydroxylation sites is 2. The summed E-state index contributed by atoms with van der Waals surface area (Å²) >= 11 is 0. The van der Waals surface area contributed by atoms with Crippen LogP contribution in [-0.2, 0) is 26.2 Å². The summed E-state index contributed by atoms with van der Waals surface area (Å²) < 4.78 is 43.6. The van der Waals surface area contributed by atoms with Gasteiger partial charge in [0.2, 0.25) is 10.0 Å². The Bertz CT molecular complexity index is 1250. The van der Waals surface area contributed by atoms with Crippen molar-refractivity contribution in [1.29, 1.82) is 0 Å². The van der Waals surface area contributed by atoms with E-state index in [9.17, 15) is 13.2 Å². The fraction of sp³-hybridized carbons (Fsp3) is 0.318. The van der Waals surface area contributed by atoms with E-state index < -0.39 is 16.0 Å². The predicted molar refractivity (Wildman–Crippen MR) is 116 cm³/mol. The fourth-order valence-electron chi connectivity index (χ4n) is 3.20. The average Bonchev–Trinajstić information content (AvgIpc) is 2.80. The van der Waals surface area contributed by atoms with Crippen molar-refractivity contribution < 1.29 is 27.4 Å². The van der Waals surface area contributed by atoms with Crippen molar-refractivity contribution in [1.82, 2.24) is 14.7 Å². The molecule has 0 spiro atoms. The van der Waals surface area contributed by atoms with Crippen LogP contribution < -0.4 is 14.2 Å². The molecule has 0 saturated carbocycles. The number of fused-ring (bicyclic) bond motifs is 2. The summed E-state index contributed by atoms with van der Waals surface area (Å²) in [5, 5.41) is 0. The number of hydrogen-bond acceptors (Lipinski definition) is 8. The van der Waals surface area contributed by atoms with Gasteiger partial charge in [0.1, 0.15) is 19.8 Å². The molecule has 32 heavy (non-hydrogen) atoms. The van der Waals surface area contributed by atoms with Crippen LogP contribution in [0.2, 0.25) is 0 Å². The minimum Gasteiger partial charge on any atom is -0.486 e. The monoisotopic (exact) mass is 457 g/mol. The standard InChI is InChI=1S/C22H23N3O6S/c1-15-19(25-18-6-3-2-5-17(18)24-15)14-31-22(26)7-4-10-23-32(27,28)16-8-9-20-21(13-16)30-12-11-29-20/h2-3,5-6,8-9,13,23H,4,7,10-12,14H2,1H3. The van der Waals surface area contributed by atoms with Crippen LogP contribution in [-0.4, -0.2) is 44.1 Å². The summed E-state index contributed by atoms with van der Waals surface area (Å²) in [6.07, 6.45) is 0.370. The molecule has 168 valence electrons. The van der Waals surface area contributed by atoms with Gasteiger partial charge in [0, 0.05) is 19.0 Å². The molecule has 0 amide bonds. The lowest BCUT2D eigenvalue weighted by Crippen LogP contribution is -2.25. The molecule has 1 aliphatic rings. The number of carbonyl (C=O) groups excluding carboxylic acids is 1. The molecule has 0 radical (unpaired) electrons. The van der Waals surface area contributed by atoms with Crippen LogP contribution in [0.3, 0.4) is 0 Å². The first-order valence-electron chi connectivity index (χ1n) is 10.2. The van der Waals surface area contributed by atoms with Crippen LogP contribution in [0.4, 0.5) is 0 Å². The third-order valence-electron chi connectivity index (χ3n) is 4.89. The van der Waals surface area contributed by atoms with Gasteiger partial charge >= 0.3 is 5.97 Å². The highest BCUT2D eigenvalue weighted by molar-refractivity contribution is 7.89. The van der Waals surface area contributed by atoms with Gasteiger partial charge in [-0.15, -0.1) is 0 Å². The Kier molecular flexibility index (Phi) is 6.52.